The summed E-state index contributed by atoms with van der Waals surface area (Å²) < 4.78 is 12.2. The maximum atomic E-state index is 13.1. The maximum absolute atomic E-state index is 13.1. The zero-order chi connectivity index (χ0) is 23.9. The van der Waals surface area contributed by atoms with E-state index in [1.54, 1.807) is 26.6 Å². The molecule has 2 fully saturated rings. The van der Waals surface area contributed by atoms with Crippen molar-refractivity contribution in [1.82, 2.24) is 15.2 Å². The summed E-state index contributed by atoms with van der Waals surface area (Å²) in [5, 5.41) is 4.12. The second-order valence-electron chi connectivity index (χ2n) is 9.60. The molecule has 7 nitrogen and oxygen atoms in total. The fraction of sp³-hybridized carbons (Fsp3) is 0.654. The molecule has 2 aromatic rings. The largest absolute Gasteiger partial charge is 0.381 e. The summed E-state index contributed by atoms with van der Waals surface area (Å²) in [6.07, 6.45) is 11.7. The van der Waals surface area contributed by atoms with Gasteiger partial charge >= 0.3 is 0 Å². The minimum Gasteiger partial charge on any atom is -0.381 e. The summed E-state index contributed by atoms with van der Waals surface area (Å²) >= 11 is 1.49. The van der Waals surface area contributed by atoms with Gasteiger partial charge in [0.15, 0.2) is 0 Å². The summed E-state index contributed by atoms with van der Waals surface area (Å²) in [5.74, 6) is 0.896. The van der Waals surface area contributed by atoms with Crippen molar-refractivity contribution in [2.24, 2.45) is 11.8 Å². The molecule has 2 aliphatic rings. The quantitative estimate of drug-likeness (QED) is 0.535. The van der Waals surface area contributed by atoms with Crippen LogP contribution in [0.3, 0.4) is 0 Å². The van der Waals surface area contributed by atoms with E-state index in [2.05, 4.69) is 15.2 Å². The van der Waals surface area contributed by atoms with Crippen molar-refractivity contribution in [1.29, 1.82) is 0 Å². The third-order valence-electron chi connectivity index (χ3n) is 7.49. The molecule has 34 heavy (non-hydrogen) atoms. The molecule has 186 valence electrons. The van der Waals surface area contributed by atoms with E-state index in [0.717, 1.165) is 79.4 Å². The van der Waals surface area contributed by atoms with Gasteiger partial charge in [-0.25, -0.2) is 0 Å². The van der Waals surface area contributed by atoms with Gasteiger partial charge < -0.3 is 19.7 Å². The van der Waals surface area contributed by atoms with Crippen molar-refractivity contribution in [2.45, 2.75) is 63.6 Å². The number of hydrogen-bond donors (Lipinski definition) is 1. The Hall–Kier alpha value is -2.03. The number of piperidine rings is 1. The van der Waals surface area contributed by atoms with Gasteiger partial charge in [-0.05, 0) is 55.5 Å². The van der Waals surface area contributed by atoms with E-state index in [0.29, 0.717) is 12.5 Å². The smallest absolute Gasteiger partial charge is 0.261 e. The number of amides is 2. The molecule has 2 amide bonds. The number of fused-ring (bicyclic) bond motifs is 1. The normalized spacial score (nSPS) is 23.8. The molecule has 1 aliphatic carbocycles. The van der Waals surface area contributed by atoms with Crippen LogP contribution < -0.4 is 5.32 Å². The Morgan fingerprint density at radius 2 is 1.97 bits per heavy atom. The van der Waals surface area contributed by atoms with Crippen LogP contribution in [0.4, 0.5) is 0 Å². The molecule has 0 radical (unpaired) electrons. The Morgan fingerprint density at radius 3 is 2.71 bits per heavy atom. The van der Waals surface area contributed by atoms with Crippen LogP contribution in [0.1, 0.15) is 61.0 Å². The number of likely N-dealkylation sites (tertiary alicyclic amines) is 1. The number of pyridine rings is 1. The van der Waals surface area contributed by atoms with E-state index < -0.39 is 0 Å². The number of rotatable bonds is 9. The van der Waals surface area contributed by atoms with Crippen LogP contribution in [0.25, 0.3) is 10.1 Å². The van der Waals surface area contributed by atoms with Crippen LogP contribution in [-0.4, -0.2) is 67.8 Å². The Balaban J connectivity index is 1.12. The summed E-state index contributed by atoms with van der Waals surface area (Å²) in [4.78, 5) is 32.5. The number of thiophene rings is 1. The van der Waals surface area contributed by atoms with Crippen molar-refractivity contribution in [3.05, 3.63) is 29.4 Å². The zero-order valence-corrected chi connectivity index (χ0v) is 21.1. The SMILES string of the molecule is COC1CCC(C(=O)N2CCC(CCCCNC(=O)c3cc4ccncc4s3)CC2)C(OC)C1. The van der Waals surface area contributed by atoms with Gasteiger partial charge in [0.25, 0.3) is 5.91 Å². The van der Waals surface area contributed by atoms with Gasteiger partial charge in [0.05, 0.1) is 27.7 Å². The molecule has 8 heteroatoms. The van der Waals surface area contributed by atoms with Crippen molar-refractivity contribution in [2.75, 3.05) is 33.9 Å². The van der Waals surface area contributed by atoms with Gasteiger partial charge in [0.2, 0.25) is 5.91 Å². The molecule has 3 unspecified atom stereocenters. The molecule has 2 aromatic heterocycles. The lowest BCUT2D eigenvalue weighted by Crippen LogP contribution is -2.48. The molecule has 3 atom stereocenters. The second kappa shape index (κ2) is 12.1. The fourth-order valence-corrected chi connectivity index (χ4v) is 6.32. The first-order valence-corrected chi connectivity index (χ1v) is 13.4. The number of carbonyl (C=O) groups excluding carboxylic acids is 2. The average molecular weight is 488 g/mol. The van der Waals surface area contributed by atoms with Crippen LogP contribution in [0.5, 0.6) is 0 Å². The van der Waals surface area contributed by atoms with E-state index in [-0.39, 0.29) is 29.9 Å². The molecule has 0 bridgehead atoms. The number of ether oxygens (including phenoxy) is 2. The van der Waals surface area contributed by atoms with Gasteiger partial charge in [-0.3, -0.25) is 14.6 Å². The highest BCUT2D eigenvalue weighted by molar-refractivity contribution is 7.20. The molecule has 1 N–H and O–H groups in total. The summed E-state index contributed by atoms with van der Waals surface area (Å²) in [7, 11) is 3.44. The Bertz CT molecular complexity index is 923. The Kier molecular flexibility index (Phi) is 8.92. The van der Waals surface area contributed by atoms with Crippen LogP contribution in [0.2, 0.25) is 0 Å². The monoisotopic (exact) mass is 487 g/mol. The molecule has 0 spiro atoms. The lowest BCUT2D eigenvalue weighted by molar-refractivity contribution is -0.146. The van der Waals surface area contributed by atoms with Crippen molar-refractivity contribution < 1.29 is 19.1 Å². The number of nitrogens with zero attached hydrogens (tertiary/aromatic N) is 2. The molecule has 4 rings (SSSR count). The topological polar surface area (TPSA) is 80.8 Å². The number of hydrogen-bond acceptors (Lipinski definition) is 6. The predicted octanol–water partition coefficient (Wildman–Crippen LogP) is 4.27. The summed E-state index contributed by atoms with van der Waals surface area (Å²) in [5.41, 5.74) is 0. The van der Waals surface area contributed by atoms with Crippen LogP contribution in [0, 0.1) is 11.8 Å². The second-order valence-corrected chi connectivity index (χ2v) is 10.7. The number of methoxy groups -OCH3 is 2. The number of aromatic nitrogens is 1. The number of unbranched alkanes of at least 4 members (excludes halogenated alkanes) is 1. The average Bonchev–Trinajstić information content (AvgIpc) is 3.32. The first-order valence-electron chi connectivity index (χ1n) is 12.5. The highest BCUT2D eigenvalue weighted by Gasteiger charge is 2.38. The molecule has 0 aromatic carbocycles. The third-order valence-corrected chi connectivity index (χ3v) is 8.58. The highest BCUT2D eigenvalue weighted by atomic mass is 32.1. The van der Waals surface area contributed by atoms with E-state index in [4.69, 9.17) is 9.47 Å². The minimum absolute atomic E-state index is 0.00177. The van der Waals surface area contributed by atoms with E-state index in [1.165, 1.54) is 11.3 Å². The Labute approximate surface area is 206 Å². The van der Waals surface area contributed by atoms with Crippen molar-refractivity contribution >= 4 is 33.2 Å². The Morgan fingerprint density at radius 1 is 1.15 bits per heavy atom. The van der Waals surface area contributed by atoms with Crippen LogP contribution in [-0.2, 0) is 14.3 Å². The predicted molar refractivity (Wildman–Crippen MR) is 134 cm³/mol. The zero-order valence-electron chi connectivity index (χ0n) is 20.3. The van der Waals surface area contributed by atoms with Gasteiger partial charge in [-0.15, -0.1) is 11.3 Å². The standard InChI is InChI=1S/C26H37N3O4S/c1-32-20-6-7-21(22(16-20)33-2)26(31)29-13-9-18(10-14-29)5-3-4-11-28-25(30)23-15-19-8-12-27-17-24(19)34-23/h8,12,15,17-18,20-22H,3-7,9-11,13-14,16H2,1-2H3,(H,28,30). The molecule has 1 aliphatic heterocycles. The number of nitrogens with one attached hydrogen (secondary N) is 1. The summed E-state index contributed by atoms with van der Waals surface area (Å²) in [6.45, 7) is 2.40. The van der Waals surface area contributed by atoms with E-state index in [9.17, 15) is 9.59 Å². The molecular weight excluding hydrogens is 450 g/mol. The lowest BCUT2D eigenvalue weighted by Gasteiger charge is -2.39. The van der Waals surface area contributed by atoms with Crippen LogP contribution >= 0.6 is 11.3 Å². The van der Waals surface area contributed by atoms with Gasteiger partial charge in [-0.2, -0.15) is 0 Å². The molecule has 1 saturated heterocycles. The first kappa shape index (κ1) is 25.1. The summed E-state index contributed by atoms with van der Waals surface area (Å²) in [6, 6.07) is 3.87. The van der Waals surface area contributed by atoms with E-state index in [1.807, 2.05) is 12.1 Å². The fourth-order valence-electron chi connectivity index (χ4n) is 5.37. The molecule has 1 saturated carbocycles. The molecular formula is C26H37N3O4S. The lowest BCUT2D eigenvalue weighted by atomic mass is 9.82. The van der Waals surface area contributed by atoms with Crippen LogP contribution in [0.15, 0.2) is 24.5 Å². The van der Waals surface area contributed by atoms with E-state index >= 15 is 0 Å². The first-order chi connectivity index (χ1) is 16.6. The molecule has 3 heterocycles. The minimum atomic E-state index is -0.0386. The highest BCUT2D eigenvalue weighted by Crippen LogP contribution is 2.32. The number of carbonyl (C=O) groups is 2. The van der Waals surface area contributed by atoms with Gasteiger partial charge in [0, 0.05) is 52.7 Å². The van der Waals surface area contributed by atoms with Crippen molar-refractivity contribution in [3.8, 4) is 0 Å². The van der Waals surface area contributed by atoms with Gasteiger partial charge in [-0.1, -0.05) is 12.8 Å². The van der Waals surface area contributed by atoms with Gasteiger partial charge in [0.1, 0.15) is 0 Å². The maximum Gasteiger partial charge on any atom is 0.261 e. The third kappa shape index (κ3) is 6.15. The van der Waals surface area contributed by atoms with Crippen molar-refractivity contribution in [3.63, 3.8) is 0 Å².